The summed E-state index contributed by atoms with van der Waals surface area (Å²) in [6.45, 7) is 1.91. The van der Waals surface area contributed by atoms with Crippen LogP contribution in [0.15, 0.2) is 42.6 Å². The van der Waals surface area contributed by atoms with E-state index in [2.05, 4.69) is 10.1 Å². The van der Waals surface area contributed by atoms with Gasteiger partial charge in [-0.2, -0.15) is 15.0 Å². The van der Waals surface area contributed by atoms with Crippen LogP contribution in [0, 0.1) is 24.1 Å². The molecule has 108 valence electrons. The third kappa shape index (κ3) is 2.19. The molecule has 0 aliphatic carbocycles. The van der Waals surface area contributed by atoms with Gasteiger partial charge in [0.1, 0.15) is 29.0 Å². The lowest BCUT2D eigenvalue weighted by Crippen LogP contribution is -2.04. The lowest BCUT2D eigenvalue weighted by atomic mass is 10.1. The minimum Gasteiger partial charge on any atom is -0.382 e. The molecule has 5 nitrogen and oxygen atoms in total. The first-order valence-electron chi connectivity index (χ1n) is 6.58. The quantitative estimate of drug-likeness (QED) is 0.787. The zero-order chi connectivity index (χ0) is 15.7. The van der Waals surface area contributed by atoms with E-state index < -0.39 is 5.82 Å². The molecule has 3 rings (SSSR count). The van der Waals surface area contributed by atoms with Crippen LogP contribution in [-0.4, -0.2) is 14.8 Å². The van der Waals surface area contributed by atoms with Gasteiger partial charge in [0.15, 0.2) is 5.82 Å². The summed E-state index contributed by atoms with van der Waals surface area (Å²) in [7, 11) is 0. The maximum absolute atomic E-state index is 14.0. The zero-order valence-corrected chi connectivity index (χ0v) is 11.8. The van der Waals surface area contributed by atoms with Gasteiger partial charge in [0.05, 0.1) is 0 Å². The smallest absolute Gasteiger partial charge is 0.155 e. The van der Waals surface area contributed by atoms with Crippen LogP contribution in [0.1, 0.15) is 11.1 Å². The number of pyridine rings is 1. The molecule has 0 saturated heterocycles. The Balaban J connectivity index is 2.25. The van der Waals surface area contributed by atoms with Crippen molar-refractivity contribution in [3.63, 3.8) is 0 Å². The Labute approximate surface area is 126 Å². The first-order chi connectivity index (χ1) is 10.6. The molecule has 3 aromatic rings. The number of nitrogens with two attached hydrogens (primary N) is 1. The Hall–Kier alpha value is -3.20. The van der Waals surface area contributed by atoms with E-state index in [9.17, 15) is 9.65 Å². The van der Waals surface area contributed by atoms with E-state index in [4.69, 9.17) is 5.73 Å². The summed E-state index contributed by atoms with van der Waals surface area (Å²) in [4.78, 5) is 4.19. The molecule has 6 heteroatoms. The highest BCUT2D eigenvalue weighted by molar-refractivity contribution is 5.73. The minimum atomic E-state index is -0.458. The summed E-state index contributed by atoms with van der Waals surface area (Å²) in [5.74, 6) is 0.163. The molecule has 0 spiro atoms. The molecule has 1 aromatic carbocycles. The number of rotatable bonds is 2. The van der Waals surface area contributed by atoms with Gasteiger partial charge in [0.2, 0.25) is 0 Å². The maximum Gasteiger partial charge on any atom is 0.155 e. The average Bonchev–Trinajstić information content (AvgIpc) is 2.84. The van der Waals surface area contributed by atoms with Crippen molar-refractivity contribution in [2.24, 2.45) is 0 Å². The fraction of sp³-hybridized carbons (Fsp3) is 0.0625. The Morgan fingerprint density at radius 3 is 2.73 bits per heavy atom. The normalized spacial score (nSPS) is 10.4. The number of nitrogens with zero attached hydrogens (tertiary/aromatic N) is 4. The third-order valence-electron chi connectivity index (χ3n) is 3.28. The van der Waals surface area contributed by atoms with Gasteiger partial charge in [0.25, 0.3) is 0 Å². The van der Waals surface area contributed by atoms with E-state index in [0.717, 1.165) is 5.56 Å². The maximum atomic E-state index is 14.0. The molecule has 0 aliphatic heterocycles. The van der Waals surface area contributed by atoms with Crippen LogP contribution in [0.4, 0.5) is 10.2 Å². The molecule has 0 saturated carbocycles. The monoisotopic (exact) mass is 293 g/mol. The van der Waals surface area contributed by atoms with Gasteiger partial charge in [-0.1, -0.05) is 12.1 Å². The predicted molar refractivity (Wildman–Crippen MR) is 80.6 cm³/mol. The van der Waals surface area contributed by atoms with Crippen LogP contribution in [-0.2, 0) is 0 Å². The molecule has 22 heavy (non-hydrogen) atoms. The van der Waals surface area contributed by atoms with Gasteiger partial charge in [-0.05, 0) is 36.8 Å². The van der Waals surface area contributed by atoms with E-state index in [1.807, 2.05) is 19.1 Å². The third-order valence-corrected chi connectivity index (χ3v) is 3.28. The van der Waals surface area contributed by atoms with Crippen LogP contribution >= 0.6 is 0 Å². The predicted octanol–water partition coefficient (Wildman–Crippen LogP) is 2.84. The van der Waals surface area contributed by atoms with Gasteiger partial charge in [-0.3, -0.25) is 0 Å². The number of halogens is 1. The summed E-state index contributed by atoms with van der Waals surface area (Å²) in [5, 5.41) is 13.6. The molecular weight excluding hydrogens is 281 g/mol. The van der Waals surface area contributed by atoms with Crippen LogP contribution in [0.3, 0.4) is 0 Å². The summed E-state index contributed by atoms with van der Waals surface area (Å²) in [6.07, 6.45) is 1.63. The fourth-order valence-electron chi connectivity index (χ4n) is 2.19. The second-order valence-corrected chi connectivity index (χ2v) is 4.80. The van der Waals surface area contributed by atoms with E-state index in [1.54, 1.807) is 30.5 Å². The molecule has 0 radical (unpaired) electrons. The second-order valence-electron chi connectivity index (χ2n) is 4.80. The molecule has 2 heterocycles. The van der Waals surface area contributed by atoms with Gasteiger partial charge in [-0.15, -0.1) is 0 Å². The van der Waals surface area contributed by atoms with E-state index in [1.165, 1.54) is 10.7 Å². The molecule has 0 unspecified atom stereocenters. The number of aryl methyl sites for hydroxylation is 1. The summed E-state index contributed by atoms with van der Waals surface area (Å²) < 4.78 is 15.3. The SMILES string of the molecule is Cc1ccnc(-n2nc(-c3ccccc3F)c(C#N)c2N)c1. The molecule has 2 N–H and O–H groups in total. The Morgan fingerprint density at radius 1 is 1.27 bits per heavy atom. The Kier molecular flexibility index (Phi) is 3.31. The van der Waals surface area contributed by atoms with Crippen LogP contribution < -0.4 is 5.73 Å². The lowest BCUT2D eigenvalue weighted by molar-refractivity contribution is 0.630. The molecule has 2 aromatic heterocycles. The number of hydrogen-bond donors (Lipinski definition) is 1. The fourth-order valence-corrected chi connectivity index (χ4v) is 2.19. The standard InChI is InChI=1S/C16H12FN5/c1-10-6-7-20-14(8-10)22-16(19)12(9-18)15(21-22)11-4-2-3-5-13(11)17/h2-8H,19H2,1H3. The number of nitriles is 1. The highest BCUT2D eigenvalue weighted by Crippen LogP contribution is 2.29. The number of anilines is 1. The molecule has 0 fully saturated rings. The summed E-state index contributed by atoms with van der Waals surface area (Å²) in [5.41, 5.74) is 7.55. The Morgan fingerprint density at radius 2 is 2.05 bits per heavy atom. The van der Waals surface area contributed by atoms with Crippen molar-refractivity contribution in [3.05, 3.63) is 59.5 Å². The first kappa shape index (κ1) is 13.8. The topological polar surface area (TPSA) is 80.5 Å². The van der Waals surface area contributed by atoms with Crippen molar-refractivity contribution in [1.82, 2.24) is 14.8 Å². The second kappa shape index (κ2) is 5.30. The van der Waals surface area contributed by atoms with Crippen molar-refractivity contribution in [2.45, 2.75) is 6.92 Å². The van der Waals surface area contributed by atoms with Gasteiger partial charge >= 0.3 is 0 Å². The van der Waals surface area contributed by atoms with Crippen molar-refractivity contribution in [2.75, 3.05) is 5.73 Å². The van der Waals surface area contributed by atoms with Crippen LogP contribution in [0.25, 0.3) is 17.1 Å². The molecule has 0 bridgehead atoms. The molecule has 0 atom stereocenters. The minimum absolute atomic E-state index is 0.133. The number of nitrogen functional groups attached to an aromatic ring is 1. The summed E-state index contributed by atoms with van der Waals surface area (Å²) in [6, 6.07) is 11.8. The molecular formula is C16H12FN5. The van der Waals surface area contributed by atoms with E-state index in [-0.39, 0.29) is 22.6 Å². The highest BCUT2D eigenvalue weighted by Gasteiger charge is 2.20. The number of benzene rings is 1. The van der Waals surface area contributed by atoms with E-state index >= 15 is 0 Å². The molecule has 0 aliphatic rings. The molecule has 0 amide bonds. The average molecular weight is 293 g/mol. The Bertz CT molecular complexity index is 892. The van der Waals surface area contributed by atoms with Gasteiger partial charge in [-0.25, -0.2) is 9.37 Å². The lowest BCUT2D eigenvalue weighted by Gasteiger charge is -2.03. The van der Waals surface area contributed by atoms with Gasteiger partial charge in [0, 0.05) is 11.8 Å². The summed E-state index contributed by atoms with van der Waals surface area (Å²) >= 11 is 0. The largest absolute Gasteiger partial charge is 0.382 e. The van der Waals surface area contributed by atoms with Crippen LogP contribution in [0.2, 0.25) is 0 Å². The van der Waals surface area contributed by atoms with Gasteiger partial charge < -0.3 is 5.73 Å². The van der Waals surface area contributed by atoms with E-state index in [0.29, 0.717) is 5.82 Å². The number of aromatic nitrogens is 3. The highest BCUT2D eigenvalue weighted by atomic mass is 19.1. The van der Waals surface area contributed by atoms with Crippen LogP contribution in [0.5, 0.6) is 0 Å². The van der Waals surface area contributed by atoms with Crippen molar-refractivity contribution >= 4 is 5.82 Å². The van der Waals surface area contributed by atoms with Crippen molar-refractivity contribution in [3.8, 4) is 23.1 Å². The zero-order valence-electron chi connectivity index (χ0n) is 11.8. The van der Waals surface area contributed by atoms with Crippen molar-refractivity contribution < 1.29 is 4.39 Å². The van der Waals surface area contributed by atoms with Crippen molar-refractivity contribution in [1.29, 1.82) is 5.26 Å². The first-order valence-corrected chi connectivity index (χ1v) is 6.58. The number of hydrogen-bond acceptors (Lipinski definition) is 4.